The van der Waals surface area contributed by atoms with E-state index in [9.17, 15) is 9.59 Å². The van der Waals surface area contributed by atoms with Crippen LogP contribution in [0.2, 0.25) is 0 Å². The highest BCUT2D eigenvalue weighted by Crippen LogP contribution is 2.46. The third-order valence-electron chi connectivity index (χ3n) is 4.18. The van der Waals surface area contributed by atoms with E-state index in [1.807, 2.05) is 54.6 Å². The van der Waals surface area contributed by atoms with Gasteiger partial charge in [0.1, 0.15) is 5.92 Å². The van der Waals surface area contributed by atoms with Crippen molar-refractivity contribution in [2.24, 2.45) is 0 Å². The zero-order chi connectivity index (χ0) is 17.8. The minimum Gasteiger partial charge on any atom is -0.465 e. The van der Waals surface area contributed by atoms with E-state index in [4.69, 9.17) is 9.47 Å². The molecule has 0 radical (unpaired) electrons. The van der Waals surface area contributed by atoms with E-state index >= 15 is 0 Å². The second kappa shape index (κ2) is 7.34. The molecule has 0 N–H and O–H groups in total. The van der Waals surface area contributed by atoms with Gasteiger partial charge in [0.05, 0.1) is 18.8 Å². The predicted molar refractivity (Wildman–Crippen MR) is 94.9 cm³/mol. The molecule has 0 saturated heterocycles. The molecule has 1 unspecified atom stereocenters. The predicted octanol–water partition coefficient (Wildman–Crippen LogP) is 3.71. The molecule has 1 aliphatic rings. The van der Waals surface area contributed by atoms with E-state index in [-0.39, 0.29) is 13.2 Å². The Morgan fingerprint density at radius 1 is 0.880 bits per heavy atom. The first-order chi connectivity index (χ1) is 12.2. The van der Waals surface area contributed by atoms with Crippen LogP contribution in [0, 0.1) is 0 Å². The Labute approximate surface area is 147 Å². The van der Waals surface area contributed by atoms with Gasteiger partial charge in [0, 0.05) is 5.57 Å². The van der Waals surface area contributed by atoms with Crippen molar-refractivity contribution in [2.45, 2.75) is 19.8 Å². The molecular weight excluding hydrogens is 316 g/mol. The molecule has 128 valence electrons. The van der Waals surface area contributed by atoms with Gasteiger partial charge in [-0.1, -0.05) is 54.6 Å². The molecule has 2 aromatic rings. The van der Waals surface area contributed by atoms with Crippen LogP contribution in [0.5, 0.6) is 0 Å². The number of hydrogen-bond acceptors (Lipinski definition) is 4. The van der Waals surface area contributed by atoms with Crippen LogP contribution in [0.15, 0.2) is 60.2 Å². The fourth-order valence-electron chi connectivity index (χ4n) is 3.24. The average Bonchev–Trinajstić information content (AvgIpc) is 2.98. The van der Waals surface area contributed by atoms with Gasteiger partial charge in [-0.2, -0.15) is 0 Å². The molecule has 0 heterocycles. The van der Waals surface area contributed by atoms with Gasteiger partial charge in [0.25, 0.3) is 0 Å². The van der Waals surface area contributed by atoms with E-state index in [0.29, 0.717) is 5.57 Å². The van der Waals surface area contributed by atoms with E-state index < -0.39 is 17.9 Å². The molecule has 0 saturated carbocycles. The van der Waals surface area contributed by atoms with Gasteiger partial charge in [0.2, 0.25) is 0 Å². The van der Waals surface area contributed by atoms with E-state index in [1.54, 1.807) is 13.8 Å². The van der Waals surface area contributed by atoms with Gasteiger partial charge < -0.3 is 9.47 Å². The van der Waals surface area contributed by atoms with Gasteiger partial charge in [-0.15, -0.1) is 0 Å². The molecule has 0 bridgehead atoms. The Kier molecular flexibility index (Phi) is 4.98. The Balaban J connectivity index is 2.25. The van der Waals surface area contributed by atoms with Crippen molar-refractivity contribution >= 4 is 17.5 Å². The summed E-state index contributed by atoms with van der Waals surface area (Å²) < 4.78 is 10.5. The fraction of sp³-hybridized carbons (Fsp3) is 0.238. The average molecular weight is 336 g/mol. The van der Waals surface area contributed by atoms with Gasteiger partial charge in [0.15, 0.2) is 0 Å². The van der Waals surface area contributed by atoms with Crippen molar-refractivity contribution in [3.8, 4) is 0 Å². The third kappa shape index (κ3) is 3.07. The lowest BCUT2D eigenvalue weighted by atomic mass is 9.95. The minimum atomic E-state index is -0.759. The summed E-state index contributed by atoms with van der Waals surface area (Å²) in [5.41, 5.74) is 3.63. The summed E-state index contributed by atoms with van der Waals surface area (Å²) in [5, 5.41) is 0. The fourth-order valence-corrected chi connectivity index (χ4v) is 3.24. The summed E-state index contributed by atoms with van der Waals surface area (Å²) >= 11 is 0. The molecule has 0 spiro atoms. The zero-order valence-corrected chi connectivity index (χ0v) is 14.3. The van der Waals surface area contributed by atoms with Crippen LogP contribution in [0.4, 0.5) is 0 Å². The second-order valence-electron chi connectivity index (χ2n) is 5.65. The first-order valence-electron chi connectivity index (χ1n) is 8.41. The van der Waals surface area contributed by atoms with Crippen LogP contribution < -0.4 is 0 Å². The molecule has 0 amide bonds. The SMILES string of the molecule is CCOC(=O)C1=C(c2ccccc2)c2ccccc2C1C(=O)OCC. The van der Waals surface area contributed by atoms with E-state index in [2.05, 4.69) is 0 Å². The van der Waals surface area contributed by atoms with Gasteiger partial charge in [-0.25, -0.2) is 4.79 Å². The Morgan fingerprint density at radius 2 is 1.52 bits per heavy atom. The van der Waals surface area contributed by atoms with Gasteiger partial charge in [-0.05, 0) is 30.5 Å². The summed E-state index contributed by atoms with van der Waals surface area (Å²) in [7, 11) is 0. The summed E-state index contributed by atoms with van der Waals surface area (Å²) in [6.45, 7) is 4.01. The maximum absolute atomic E-state index is 12.7. The highest BCUT2D eigenvalue weighted by molar-refractivity contribution is 6.12. The largest absolute Gasteiger partial charge is 0.465 e. The van der Waals surface area contributed by atoms with Crippen molar-refractivity contribution < 1.29 is 19.1 Å². The number of rotatable bonds is 5. The van der Waals surface area contributed by atoms with Gasteiger partial charge in [-0.3, -0.25) is 4.79 Å². The molecule has 4 nitrogen and oxygen atoms in total. The molecular formula is C21H20O4. The lowest BCUT2D eigenvalue weighted by molar-refractivity contribution is -0.147. The number of esters is 2. The highest BCUT2D eigenvalue weighted by Gasteiger charge is 2.41. The maximum atomic E-state index is 12.7. The zero-order valence-electron chi connectivity index (χ0n) is 14.3. The monoisotopic (exact) mass is 336 g/mol. The van der Waals surface area contributed by atoms with Crippen molar-refractivity contribution in [2.75, 3.05) is 13.2 Å². The molecule has 0 aliphatic heterocycles. The van der Waals surface area contributed by atoms with Gasteiger partial charge >= 0.3 is 11.9 Å². The Hall–Kier alpha value is -2.88. The normalized spacial score (nSPS) is 15.7. The number of carbonyl (C=O) groups is 2. The number of ether oxygens (including phenoxy) is 2. The van der Waals surface area contributed by atoms with Crippen LogP contribution in [0.3, 0.4) is 0 Å². The van der Waals surface area contributed by atoms with Crippen molar-refractivity contribution in [3.05, 3.63) is 76.9 Å². The molecule has 0 fully saturated rings. The number of benzene rings is 2. The molecule has 2 aromatic carbocycles. The van der Waals surface area contributed by atoms with E-state index in [1.165, 1.54) is 0 Å². The molecule has 1 aliphatic carbocycles. The molecule has 4 heteroatoms. The number of carbonyl (C=O) groups excluding carboxylic acids is 2. The molecule has 1 atom stereocenters. The standard InChI is InChI=1S/C21H20O4/c1-3-24-20(22)18-16-13-9-8-12-15(16)17(14-10-6-5-7-11-14)19(18)21(23)25-4-2/h5-13,18H,3-4H2,1-2H3. The lowest BCUT2D eigenvalue weighted by Crippen LogP contribution is -2.22. The molecule has 0 aromatic heterocycles. The Morgan fingerprint density at radius 3 is 2.20 bits per heavy atom. The number of fused-ring (bicyclic) bond motifs is 1. The summed E-state index contributed by atoms with van der Waals surface area (Å²) in [6, 6.07) is 17.1. The third-order valence-corrected chi connectivity index (χ3v) is 4.18. The molecule has 3 rings (SSSR count). The van der Waals surface area contributed by atoms with Crippen LogP contribution >= 0.6 is 0 Å². The lowest BCUT2D eigenvalue weighted by Gasteiger charge is -2.14. The van der Waals surface area contributed by atoms with Crippen molar-refractivity contribution in [1.29, 1.82) is 0 Å². The quantitative estimate of drug-likeness (QED) is 0.781. The maximum Gasteiger partial charge on any atom is 0.335 e. The highest BCUT2D eigenvalue weighted by atomic mass is 16.5. The summed E-state index contributed by atoms with van der Waals surface area (Å²) in [6.07, 6.45) is 0. The van der Waals surface area contributed by atoms with E-state index in [0.717, 1.165) is 22.3 Å². The van der Waals surface area contributed by atoms with Crippen LogP contribution in [0.25, 0.3) is 5.57 Å². The summed E-state index contributed by atoms with van der Waals surface area (Å²) in [4.78, 5) is 25.4. The van der Waals surface area contributed by atoms with Crippen LogP contribution in [-0.4, -0.2) is 25.2 Å². The first-order valence-corrected chi connectivity index (χ1v) is 8.41. The number of hydrogen-bond donors (Lipinski definition) is 0. The first kappa shape index (κ1) is 17.0. The molecule has 25 heavy (non-hydrogen) atoms. The van der Waals surface area contributed by atoms with Crippen LogP contribution in [0.1, 0.15) is 36.5 Å². The topological polar surface area (TPSA) is 52.6 Å². The van der Waals surface area contributed by atoms with Crippen LogP contribution in [-0.2, 0) is 19.1 Å². The summed E-state index contributed by atoms with van der Waals surface area (Å²) in [5.74, 6) is -1.66. The minimum absolute atomic E-state index is 0.246. The van der Waals surface area contributed by atoms with Crippen molar-refractivity contribution in [1.82, 2.24) is 0 Å². The Bertz CT molecular complexity index is 821. The second-order valence-corrected chi connectivity index (χ2v) is 5.65. The smallest absolute Gasteiger partial charge is 0.335 e. The van der Waals surface area contributed by atoms with Crippen molar-refractivity contribution in [3.63, 3.8) is 0 Å².